The Kier molecular flexibility index (Phi) is 10.1. The molecule has 13 nitrogen and oxygen atoms in total. The number of fused-ring (bicyclic) bond motifs is 1. The highest BCUT2D eigenvalue weighted by Crippen LogP contribution is 2.38. The van der Waals surface area contributed by atoms with Crippen molar-refractivity contribution in [2.24, 2.45) is 5.73 Å². The number of halogens is 3. The first-order valence-corrected chi connectivity index (χ1v) is 13.6. The zero-order valence-corrected chi connectivity index (χ0v) is 23.9. The molecule has 3 heterocycles. The van der Waals surface area contributed by atoms with Crippen LogP contribution in [0.25, 0.3) is 16.9 Å². The maximum Gasteiger partial charge on any atom is 0.435 e. The number of imidazole rings is 1. The Balaban J connectivity index is 1.68. The molecule has 3 aromatic heterocycles. The second-order valence-corrected chi connectivity index (χ2v) is 9.46. The van der Waals surface area contributed by atoms with Crippen molar-refractivity contribution in [3.8, 4) is 23.1 Å². The van der Waals surface area contributed by atoms with Gasteiger partial charge in [0, 0.05) is 42.9 Å². The summed E-state index contributed by atoms with van der Waals surface area (Å²) in [4.78, 5) is 33.0. The standard InChI is InChI=1S/C28H30F3N9O4/c1-3-18-19(27(42)35-9-12-43-11-4-7-32)5-6-21(23(18)44-16-41)37-25-26-36-14-22(39(26)10-8-34-25)20-15-40(17(2)13-33)38-24(20)28(29,30)31/h5-6,8,10,14-17H,3-4,7,9,11-12,32H2,1-2H3,(H,34,37)(H,35,42). The van der Waals surface area contributed by atoms with Crippen molar-refractivity contribution < 1.29 is 32.2 Å². The fourth-order valence-electron chi connectivity index (χ4n) is 4.47. The van der Waals surface area contributed by atoms with Gasteiger partial charge in [0.15, 0.2) is 22.9 Å². The minimum Gasteiger partial charge on any atom is -0.426 e. The Labute approximate surface area is 249 Å². The number of alkyl halides is 3. The third kappa shape index (κ3) is 6.79. The van der Waals surface area contributed by atoms with E-state index in [9.17, 15) is 28.0 Å². The Bertz CT molecular complexity index is 1680. The molecular formula is C28H30F3N9O4. The first kappa shape index (κ1) is 31.9. The third-order valence-corrected chi connectivity index (χ3v) is 6.59. The molecule has 0 radical (unpaired) electrons. The summed E-state index contributed by atoms with van der Waals surface area (Å²) in [7, 11) is 0. The lowest BCUT2D eigenvalue weighted by atomic mass is 10.0. The van der Waals surface area contributed by atoms with Gasteiger partial charge < -0.3 is 25.8 Å². The molecule has 1 unspecified atom stereocenters. The smallest absolute Gasteiger partial charge is 0.426 e. The molecule has 0 saturated carbocycles. The number of nitriles is 1. The molecule has 4 rings (SSSR count). The number of amides is 1. The van der Waals surface area contributed by atoms with Gasteiger partial charge in [-0.1, -0.05) is 6.92 Å². The summed E-state index contributed by atoms with van der Waals surface area (Å²) in [6.45, 7) is 4.99. The molecule has 4 aromatic rings. The number of hydrogen-bond donors (Lipinski definition) is 3. The molecule has 0 saturated heterocycles. The fourth-order valence-corrected chi connectivity index (χ4v) is 4.47. The van der Waals surface area contributed by atoms with Gasteiger partial charge >= 0.3 is 6.18 Å². The number of nitrogens with one attached hydrogen (secondary N) is 2. The van der Waals surface area contributed by atoms with E-state index in [0.717, 1.165) is 10.9 Å². The predicted octanol–water partition coefficient (Wildman–Crippen LogP) is 3.63. The number of ether oxygens (including phenoxy) is 2. The number of hydrogen-bond acceptors (Lipinski definition) is 10. The number of aromatic nitrogens is 5. The SMILES string of the molecule is CCc1c(C(=O)NCCOCCCN)ccc(Nc2nccn3c(-c4cn(C(C)C#N)nc4C(F)(F)F)cnc23)c1OC=O. The zero-order valence-electron chi connectivity index (χ0n) is 23.9. The Morgan fingerprint density at radius 3 is 2.75 bits per heavy atom. The first-order valence-electron chi connectivity index (χ1n) is 13.6. The highest BCUT2D eigenvalue weighted by Gasteiger charge is 2.39. The minimum atomic E-state index is -4.79. The maximum atomic E-state index is 13.9. The quantitative estimate of drug-likeness (QED) is 0.141. The summed E-state index contributed by atoms with van der Waals surface area (Å²) in [6, 6.07) is 4.01. The van der Waals surface area contributed by atoms with E-state index in [2.05, 4.69) is 25.7 Å². The van der Waals surface area contributed by atoms with Crippen LogP contribution in [0.5, 0.6) is 5.75 Å². The van der Waals surface area contributed by atoms with E-state index in [1.807, 2.05) is 6.07 Å². The summed E-state index contributed by atoms with van der Waals surface area (Å²) < 4.78 is 54.7. The van der Waals surface area contributed by atoms with Crippen LogP contribution in [0.1, 0.15) is 47.9 Å². The monoisotopic (exact) mass is 613 g/mol. The van der Waals surface area contributed by atoms with Crippen LogP contribution in [0.4, 0.5) is 24.7 Å². The Morgan fingerprint density at radius 2 is 2.07 bits per heavy atom. The van der Waals surface area contributed by atoms with Gasteiger partial charge in [-0.15, -0.1) is 0 Å². The van der Waals surface area contributed by atoms with Crippen molar-refractivity contribution in [2.75, 3.05) is 31.6 Å². The van der Waals surface area contributed by atoms with Gasteiger partial charge in [0.25, 0.3) is 12.4 Å². The van der Waals surface area contributed by atoms with E-state index >= 15 is 0 Å². The molecule has 44 heavy (non-hydrogen) atoms. The number of carbonyl (C=O) groups is 2. The molecule has 232 valence electrons. The van der Waals surface area contributed by atoms with Crippen LogP contribution in [0.15, 0.2) is 36.9 Å². The van der Waals surface area contributed by atoms with E-state index in [1.165, 1.54) is 36.0 Å². The van der Waals surface area contributed by atoms with Gasteiger partial charge in [0.05, 0.1) is 35.8 Å². The van der Waals surface area contributed by atoms with E-state index in [1.54, 1.807) is 13.0 Å². The molecule has 4 N–H and O–H groups in total. The molecule has 1 amide bonds. The average molecular weight is 614 g/mol. The van der Waals surface area contributed by atoms with Crippen LogP contribution >= 0.6 is 0 Å². The molecule has 16 heteroatoms. The lowest BCUT2D eigenvalue weighted by Gasteiger charge is -2.17. The zero-order chi connectivity index (χ0) is 31.9. The van der Waals surface area contributed by atoms with Crippen molar-refractivity contribution in [1.82, 2.24) is 29.5 Å². The third-order valence-electron chi connectivity index (χ3n) is 6.59. The Hall–Kier alpha value is -5.01. The van der Waals surface area contributed by atoms with Gasteiger partial charge in [-0.25, -0.2) is 9.97 Å². The molecule has 0 aliphatic carbocycles. The fraction of sp³-hybridized carbons (Fsp3) is 0.357. The van der Waals surface area contributed by atoms with Crippen molar-refractivity contribution in [3.63, 3.8) is 0 Å². The first-order chi connectivity index (χ1) is 21.1. The van der Waals surface area contributed by atoms with Crippen LogP contribution < -0.4 is 21.1 Å². The molecule has 0 fully saturated rings. The van der Waals surface area contributed by atoms with Crippen molar-refractivity contribution >= 4 is 29.5 Å². The second-order valence-electron chi connectivity index (χ2n) is 9.46. The second kappa shape index (κ2) is 14.0. The van der Waals surface area contributed by atoms with Crippen LogP contribution in [0, 0.1) is 11.3 Å². The van der Waals surface area contributed by atoms with Gasteiger partial charge in [-0.2, -0.15) is 23.5 Å². The largest absolute Gasteiger partial charge is 0.435 e. The lowest BCUT2D eigenvalue weighted by molar-refractivity contribution is -0.141. The molecule has 0 aliphatic rings. The number of rotatable bonds is 14. The summed E-state index contributed by atoms with van der Waals surface area (Å²) in [5, 5.41) is 18.6. The van der Waals surface area contributed by atoms with Crippen LogP contribution in [-0.2, 0) is 22.1 Å². The molecule has 0 spiro atoms. The van der Waals surface area contributed by atoms with Crippen molar-refractivity contribution in [3.05, 3.63) is 53.7 Å². The molecular weight excluding hydrogens is 583 g/mol. The van der Waals surface area contributed by atoms with Crippen LogP contribution in [-0.4, -0.2) is 62.8 Å². The number of benzene rings is 1. The summed E-state index contributed by atoms with van der Waals surface area (Å²) in [5.41, 5.74) is 5.21. The van der Waals surface area contributed by atoms with E-state index in [4.69, 9.17) is 15.2 Å². The minimum absolute atomic E-state index is 0.0619. The van der Waals surface area contributed by atoms with Gasteiger partial charge in [-0.3, -0.25) is 18.7 Å². The summed E-state index contributed by atoms with van der Waals surface area (Å²) in [5.74, 6) is -0.179. The van der Waals surface area contributed by atoms with Gasteiger partial charge in [0.2, 0.25) is 0 Å². The summed E-state index contributed by atoms with van der Waals surface area (Å²) >= 11 is 0. The molecule has 1 aromatic carbocycles. The maximum absolute atomic E-state index is 13.9. The normalized spacial score (nSPS) is 12.1. The van der Waals surface area contributed by atoms with Crippen LogP contribution in [0.2, 0.25) is 0 Å². The highest BCUT2D eigenvalue weighted by atomic mass is 19.4. The average Bonchev–Trinajstić information content (AvgIpc) is 3.64. The number of anilines is 2. The topological polar surface area (TPSA) is 174 Å². The molecule has 0 aliphatic heterocycles. The Morgan fingerprint density at radius 1 is 1.27 bits per heavy atom. The molecule has 1 atom stereocenters. The van der Waals surface area contributed by atoms with E-state index in [-0.39, 0.29) is 52.7 Å². The van der Waals surface area contributed by atoms with E-state index in [0.29, 0.717) is 38.2 Å². The number of carbonyl (C=O) groups excluding carboxylic acids is 2. The number of nitrogens with two attached hydrogens (primary N) is 1. The molecule has 0 bridgehead atoms. The lowest BCUT2D eigenvalue weighted by Crippen LogP contribution is -2.28. The van der Waals surface area contributed by atoms with Gasteiger partial charge in [-0.05, 0) is 38.4 Å². The van der Waals surface area contributed by atoms with Crippen molar-refractivity contribution in [2.45, 2.75) is 38.9 Å². The number of nitrogens with zero attached hydrogens (tertiary/aromatic N) is 6. The summed E-state index contributed by atoms with van der Waals surface area (Å²) in [6.07, 6.45) is 1.41. The van der Waals surface area contributed by atoms with E-state index < -0.39 is 23.8 Å². The highest BCUT2D eigenvalue weighted by molar-refractivity contribution is 5.97. The predicted molar refractivity (Wildman–Crippen MR) is 152 cm³/mol. The van der Waals surface area contributed by atoms with Crippen LogP contribution in [0.3, 0.4) is 0 Å². The van der Waals surface area contributed by atoms with Gasteiger partial charge in [0.1, 0.15) is 6.04 Å². The van der Waals surface area contributed by atoms with Crippen molar-refractivity contribution in [1.29, 1.82) is 5.26 Å².